The number of hydrogen-bond donors (Lipinski definition) is 0. The second kappa shape index (κ2) is 11.8. The molecule has 9 heteroatoms. The fourth-order valence-electron chi connectivity index (χ4n) is 12.8. The van der Waals surface area contributed by atoms with Gasteiger partial charge in [0.05, 0.1) is 0 Å². The molecule has 1 aromatic heterocycles. The SMILES string of the molecule is CN1c2ccccc2N2c3cccc4c3B(c3cc(C(C)(C)C)cc1c32)c1[se]c2c3c1N4c1ccccc1N3c1cccc3c1B2c1ccc(C(C)(C)C)c2c1N3c1ccccc1N2C. The zero-order valence-corrected chi connectivity index (χ0v) is 39.7. The summed E-state index contributed by atoms with van der Waals surface area (Å²) < 4.78 is 3.16. The molecule has 8 heterocycles. The van der Waals surface area contributed by atoms with Crippen molar-refractivity contribution in [2.75, 3.05) is 43.5 Å². The van der Waals surface area contributed by atoms with Crippen LogP contribution in [-0.2, 0) is 10.8 Å². The van der Waals surface area contributed by atoms with E-state index in [1.807, 2.05) is 0 Å². The number of fused-ring (bicyclic) bond motifs is 15. The average molecular weight is 904 g/mol. The van der Waals surface area contributed by atoms with Gasteiger partial charge in [0.2, 0.25) is 0 Å². The zero-order valence-electron chi connectivity index (χ0n) is 37.9. The number of hydrogen-bond acceptors (Lipinski definition) is 6. The van der Waals surface area contributed by atoms with Crippen LogP contribution in [0.3, 0.4) is 0 Å². The van der Waals surface area contributed by atoms with Crippen molar-refractivity contribution >= 4 is 149 Å². The number of benzene rings is 7. The van der Waals surface area contributed by atoms with Gasteiger partial charge in [0.1, 0.15) is 0 Å². The molecule has 7 aromatic carbocycles. The summed E-state index contributed by atoms with van der Waals surface area (Å²) >= 11 is 0.00956. The molecule has 0 aliphatic carbocycles. The third-order valence-electron chi connectivity index (χ3n) is 15.6. The third kappa shape index (κ3) is 4.27. The molecule has 6 nitrogen and oxygen atoms in total. The molecule has 0 saturated carbocycles. The Morgan fingerprint density at radius 1 is 0.369 bits per heavy atom. The van der Waals surface area contributed by atoms with E-state index in [1.54, 1.807) is 8.67 Å². The molecular formula is C56H46B2N6Se. The molecule has 0 fully saturated rings. The van der Waals surface area contributed by atoms with Gasteiger partial charge in [-0.3, -0.25) is 0 Å². The number of para-hydroxylation sites is 6. The van der Waals surface area contributed by atoms with Crippen LogP contribution in [0.1, 0.15) is 52.7 Å². The van der Waals surface area contributed by atoms with Crippen molar-refractivity contribution < 1.29 is 0 Å². The van der Waals surface area contributed by atoms with Crippen molar-refractivity contribution in [3.8, 4) is 0 Å². The van der Waals surface area contributed by atoms with E-state index in [1.165, 1.54) is 124 Å². The van der Waals surface area contributed by atoms with Crippen LogP contribution in [0.15, 0.2) is 133 Å². The fraction of sp³-hybridized carbons (Fsp3) is 0.179. The van der Waals surface area contributed by atoms with E-state index in [0.29, 0.717) is 0 Å². The van der Waals surface area contributed by atoms with Gasteiger partial charge < -0.3 is 0 Å². The van der Waals surface area contributed by atoms with Crippen LogP contribution in [0.5, 0.6) is 0 Å². The van der Waals surface area contributed by atoms with Crippen molar-refractivity contribution in [1.29, 1.82) is 0 Å². The van der Waals surface area contributed by atoms with Gasteiger partial charge in [0.15, 0.2) is 0 Å². The quantitative estimate of drug-likeness (QED) is 0.140. The van der Waals surface area contributed by atoms with Crippen LogP contribution in [-0.4, -0.2) is 42.0 Å². The van der Waals surface area contributed by atoms with Crippen LogP contribution in [0, 0.1) is 0 Å². The van der Waals surface area contributed by atoms with Gasteiger partial charge >= 0.3 is 390 Å². The summed E-state index contributed by atoms with van der Waals surface area (Å²) in [7, 11) is 4.56. The van der Waals surface area contributed by atoms with Gasteiger partial charge in [0, 0.05) is 0 Å². The molecule has 15 rings (SSSR count). The summed E-state index contributed by atoms with van der Waals surface area (Å²) in [6, 6.07) is 51.6. The molecule has 8 aromatic rings. The van der Waals surface area contributed by atoms with E-state index < -0.39 is 0 Å². The summed E-state index contributed by atoms with van der Waals surface area (Å²) in [5, 5.41) is 0. The van der Waals surface area contributed by atoms with Gasteiger partial charge in [-0.1, -0.05) is 0 Å². The Hall–Kier alpha value is -6.53. The van der Waals surface area contributed by atoms with Gasteiger partial charge in [0.25, 0.3) is 0 Å². The van der Waals surface area contributed by atoms with Crippen LogP contribution >= 0.6 is 0 Å². The monoisotopic (exact) mass is 904 g/mol. The summed E-state index contributed by atoms with van der Waals surface area (Å²) in [5.74, 6) is 0. The molecule has 0 radical (unpaired) electrons. The van der Waals surface area contributed by atoms with Crippen molar-refractivity contribution in [3.05, 3.63) is 145 Å². The van der Waals surface area contributed by atoms with Crippen LogP contribution in [0.2, 0.25) is 0 Å². The molecule has 7 aliphatic rings. The predicted octanol–water partition coefficient (Wildman–Crippen LogP) is 9.98. The predicted molar refractivity (Wildman–Crippen MR) is 279 cm³/mol. The standard InChI is InChI=1S/C56H46B2N6Se/c1-55(2,3)31-29-34-49-45(30-31)59(7)35-17-9-11-19-37(35)61(49)41-23-15-26-44-47(41)58(34)54-52-51-53(65-54)57-33-28-27-32(56(4,5)6)48-50(33)62(38-20-12-10-18-36(38)60(48)8)42-24-16-25-43(46(42)57)63(51)39-21-13-14-22-40(39)64(44)52/h9-30H,1-8H3. The van der Waals surface area contributed by atoms with Crippen LogP contribution < -0.4 is 59.9 Å². The first-order chi connectivity index (χ1) is 31.4. The Bertz CT molecular complexity index is 3520. The molecule has 312 valence electrons. The molecule has 0 amide bonds. The fourth-order valence-corrected chi connectivity index (χ4v) is 16.0. The molecule has 0 atom stereocenters. The number of nitrogens with zero attached hydrogens (tertiary/aromatic N) is 6. The van der Waals surface area contributed by atoms with E-state index in [0.717, 1.165) is 0 Å². The van der Waals surface area contributed by atoms with Gasteiger partial charge in [-0.2, -0.15) is 0 Å². The van der Waals surface area contributed by atoms with E-state index in [9.17, 15) is 0 Å². The number of rotatable bonds is 0. The minimum atomic E-state index is -0.0524. The second-order valence-electron chi connectivity index (χ2n) is 21.1. The maximum atomic E-state index is 2.69. The van der Waals surface area contributed by atoms with Crippen molar-refractivity contribution in [2.24, 2.45) is 0 Å². The Morgan fingerprint density at radius 3 is 1.31 bits per heavy atom. The Labute approximate surface area is 387 Å². The molecule has 7 aliphatic heterocycles. The average Bonchev–Trinajstić information content (AvgIpc) is 3.69. The summed E-state index contributed by atoms with van der Waals surface area (Å²) in [6.07, 6.45) is 0. The molecule has 0 N–H and O–H groups in total. The van der Waals surface area contributed by atoms with Crippen molar-refractivity contribution in [3.63, 3.8) is 0 Å². The molecule has 0 saturated heterocycles. The first-order valence-electron chi connectivity index (χ1n) is 23.1. The first-order valence-corrected chi connectivity index (χ1v) is 24.9. The number of anilines is 16. The molecule has 0 bridgehead atoms. The summed E-state index contributed by atoms with van der Waals surface area (Å²) in [5.41, 5.74) is 29.1. The second-order valence-corrected chi connectivity index (χ2v) is 23.3. The molecule has 0 spiro atoms. The van der Waals surface area contributed by atoms with E-state index in [4.69, 9.17) is 0 Å². The third-order valence-corrected chi connectivity index (χ3v) is 18.3. The minimum absolute atomic E-state index is 0.00956. The van der Waals surface area contributed by atoms with Gasteiger partial charge in [-0.05, 0) is 0 Å². The normalized spacial score (nSPS) is 15.8. The van der Waals surface area contributed by atoms with E-state index in [-0.39, 0.29) is 38.8 Å². The molecule has 0 unspecified atom stereocenters. The van der Waals surface area contributed by atoms with E-state index in [2.05, 4.69) is 218 Å². The Morgan fingerprint density at radius 2 is 0.800 bits per heavy atom. The summed E-state index contributed by atoms with van der Waals surface area (Å²) in [4.78, 5) is 15.6. The van der Waals surface area contributed by atoms with Gasteiger partial charge in [-0.15, -0.1) is 0 Å². The summed E-state index contributed by atoms with van der Waals surface area (Å²) in [6.45, 7) is 14.5. The van der Waals surface area contributed by atoms with Crippen LogP contribution in [0.4, 0.5) is 91.0 Å². The van der Waals surface area contributed by atoms with Crippen molar-refractivity contribution in [1.82, 2.24) is 0 Å². The van der Waals surface area contributed by atoms with Gasteiger partial charge in [-0.25, -0.2) is 0 Å². The Balaban J connectivity index is 1.08. The Kier molecular flexibility index (Phi) is 6.69. The van der Waals surface area contributed by atoms with Crippen LogP contribution in [0.25, 0.3) is 0 Å². The zero-order chi connectivity index (χ0) is 43.7. The maximum absolute atomic E-state index is 2.69. The van der Waals surface area contributed by atoms with Crippen molar-refractivity contribution in [2.45, 2.75) is 52.4 Å². The van der Waals surface area contributed by atoms with E-state index >= 15 is 0 Å². The molecular weight excluding hydrogens is 857 g/mol. The molecule has 65 heavy (non-hydrogen) atoms. The topological polar surface area (TPSA) is 19.4 Å². The first kappa shape index (κ1) is 36.8.